The SMILES string of the molecule is c1ccc(C2=NC(c3ccc4c(c3)c3ccccc3n3c5ccccc5c5ccc6c7c8ccccc8ccc7n4c6c53)N=C(c3ccccc3)N2)cc1. The maximum atomic E-state index is 5.26. The van der Waals surface area contributed by atoms with Crippen LogP contribution in [0.15, 0.2) is 186 Å². The van der Waals surface area contributed by atoms with E-state index in [4.69, 9.17) is 9.98 Å². The van der Waals surface area contributed by atoms with E-state index >= 15 is 0 Å². The van der Waals surface area contributed by atoms with Crippen molar-refractivity contribution in [2.45, 2.75) is 6.17 Å². The molecule has 1 aliphatic heterocycles. The molecule has 1 aliphatic rings. The zero-order chi connectivity index (χ0) is 35.3. The van der Waals surface area contributed by atoms with E-state index in [0.29, 0.717) is 0 Å². The summed E-state index contributed by atoms with van der Waals surface area (Å²) < 4.78 is 5.01. The molecule has 0 amide bonds. The predicted octanol–water partition coefficient (Wildman–Crippen LogP) is 11.6. The van der Waals surface area contributed by atoms with Crippen LogP contribution in [0.2, 0.25) is 0 Å². The van der Waals surface area contributed by atoms with E-state index in [-0.39, 0.29) is 0 Å². The quantitative estimate of drug-likeness (QED) is 0.197. The first-order valence-corrected chi connectivity index (χ1v) is 18.5. The van der Waals surface area contributed by atoms with Gasteiger partial charge >= 0.3 is 0 Å². The molecule has 11 aromatic rings. The maximum Gasteiger partial charge on any atom is 0.169 e. The van der Waals surface area contributed by atoms with Crippen molar-refractivity contribution in [1.82, 2.24) is 14.1 Å². The van der Waals surface area contributed by atoms with Crippen molar-refractivity contribution in [2.24, 2.45) is 9.98 Å². The molecule has 12 rings (SSSR count). The Morgan fingerprint density at radius 3 is 1.61 bits per heavy atom. The first-order valence-electron chi connectivity index (χ1n) is 18.5. The van der Waals surface area contributed by atoms with Gasteiger partial charge in [0.05, 0.1) is 33.1 Å². The van der Waals surface area contributed by atoms with Crippen LogP contribution in [0.4, 0.5) is 0 Å². The first kappa shape index (κ1) is 29.3. The summed E-state index contributed by atoms with van der Waals surface area (Å²) in [5.74, 6) is 1.61. The highest BCUT2D eigenvalue weighted by molar-refractivity contribution is 6.29. The van der Waals surface area contributed by atoms with Crippen molar-refractivity contribution >= 4 is 87.9 Å². The van der Waals surface area contributed by atoms with Gasteiger partial charge in [0.2, 0.25) is 0 Å². The Labute approximate surface area is 309 Å². The van der Waals surface area contributed by atoms with Crippen LogP contribution in [0.3, 0.4) is 0 Å². The summed E-state index contributed by atoms with van der Waals surface area (Å²) in [5, 5.41) is 13.4. The minimum absolute atomic E-state index is 0.448. The fraction of sp³-hybridized carbons (Fsp3) is 0.0204. The van der Waals surface area contributed by atoms with Crippen molar-refractivity contribution < 1.29 is 0 Å². The van der Waals surface area contributed by atoms with Gasteiger partial charge < -0.3 is 14.1 Å². The van der Waals surface area contributed by atoms with Gasteiger partial charge in [0, 0.05) is 43.4 Å². The van der Waals surface area contributed by atoms with E-state index in [1.54, 1.807) is 0 Å². The van der Waals surface area contributed by atoms with E-state index in [1.807, 2.05) is 12.1 Å². The second-order valence-electron chi connectivity index (χ2n) is 14.2. The van der Waals surface area contributed by atoms with Crippen LogP contribution in [0.5, 0.6) is 0 Å². The van der Waals surface area contributed by atoms with Crippen molar-refractivity contribution in [3.63, 3.8) is 0 Å². The Morgan fingerprint density at radius 2 is 0.907 bits per heavy atom. The summed E-state index contributed by atoms with van der Waals surface area (Å²) in [7, 11) is 0. The molecular weight excluding hydrogens is 659 g/mol. The van der Waals surface area contributed by atoms with Crippen molar-refractivity contribution in [3.8, 4) is 0 Å². The van der Waals surface area contributed by atoms with Gasteiger partial charge in [-0.3, -0.25) is 0 Å². The van der Waals surface area contributed by atoms with Crippen LogP contribution in [0.1, 0.15) is 22.9 Å². The Bertz CT molecular complexity index is 3350. The molecule has 4 heterocycles. The molecular formula is C49H31N5. The number of nitrogens with zero attached hydrogens (tertiary/aromatic N) is 4. The van der Waals surface area contributed by atoms with Crippen LogP contribution in [0.25, 0.3) is 76.2 Å². The summed E-state index contributed by atoms with van der Waals surface area (Å²) >= 11 is 0. The number of fused-ring (bicyclic) bond motifs is 13. The number of nitrogens with one attached hydrogen (secondary N) is 1. The lowest BCUT2D eigenvalue weighted by Gasteiger charge is -2.22. The van der Waals surface area contributed by atoms with Gasteiger partial charge in [-0.15, -0.1) is 0 Å². The molecule has 54 heavy (non-hydrogen) atoms. The van der Waals surface area contributed by atoms with Crippen molar-refractivity contribution in [1.29, 1.82) is 0 Å². The summed E-state index contributed by atoms with van der Waals surface area (Å²) in [6.45, 7) is 0. The molecule has 0 saturated carbocycles. The minimum Gasteiger partial charge on any atom is -0.324 e. The van der Waals surface area contributed by atoms with Gasteiger partial charge in [0.25, 0.3) is 0 Å². The number of amidine groups is 2. The molecule has 0 unspecified atom stereocenters. The van der Waals surface area contributed by atoms with Crippen LogP contribution in [0, 0.1) is 0 Å². The fourth-order valence-corrected chi connectivity index (χ4v) is 8.92. The highest BCUT2D eigenvalue weighted by Gasteiger charge is 2.24. The largest absolute Gasteiger partial charge is 0.324 e. The van der Waals surface area contributed by atoms with Gasteiger partial charge in [-0.2, -0.15) is 0 Å². The minimum atomic E-state index is -0.448. The van der Waals surface area contributed by atoms with Gasteiger partial charge in [0.15, 0.2) is 6.17 Å². The van der Waals surface area contributed by atoms with Crippen LogP contribution in [-0.4, -0.2) is 20.5 Å². The molecule has 252 valence electrons. The molecule has 0 aliphatic carbocycles. The number of hydrogen-bond acceptors (Lipinski definition) is 3. The second kappa shape index (κ2) is 11.1. The third-order valence-corrected chi connectivity index (χ3v) is 11.3. The average molecular weight is 690 g/mol. The van der Waals surface area contributed by atoms with Gasteiger partial charge in [-0.25, -0.2) is 9.98 Å². The van der Waals surface area contributed by atoms with E-state index in [1.165, 1.54) is 54.4 Å². The van der Waals surface area contributed by atoms with Crippen LogP contribution in [-0.2, 0) is 0 Å². The number of aromatic nitrogens is 2. The smallest absolute Gasteiger partial charge is 0.169 e. The Hall–Kier alpha value is -7.24. The van der Waals surface area contributed by atoms with E-state index in [0.717, 1.165) is 50.2 Å². The monoisotopic (exact) mass is 689 g/mol. The molecule has 0 radical (unpaired) electrons. The van der Waals surface area contributed by atoms with Crippen LogP contribution < -0.4 is 5.32 Å². The van der Waals surface area contributed by atoms with Gasteiger partial charge in [-0.05, 0) is 46.7 Å². The molecule has 3 aromatic heterocycles. The molecule has 8 aromatic carbocycles. The molecule has 5 nitrogen and oxygen atoms in total. The lowest BCUT2D eigenvalue weighted by atomic mass is 10.0. The topological polar surface area (TPSA) is 45.6 Å². The molecule has 0 saturated heterocycles. The second-order valence-corrected chi connectivity index (χ2v) is 14.2. The van der Waals surface area contributed by atoms with E-state index in [9.17, 15) is 0 Å². The summed E-state index contributed by atoms with van der Waals surface area (Å²) in [6, 6.07) is 63.2. The molecule has 0 fully saturated rings. The van der Waals surface area contributed by atoms with Gasteiger partial charge in [0.1, 0.15) is 11.7 Å². The average Bonchev–Trinajstić information content (AvgIpc) is 3.76. The van der Waals surface area contributed by atoms with E-state index < -0.39 is 6.17 Å². The van der Waals surface area contributed by atoms with Crippen LogP contribution >= 0.6 is 0 Å². The Morgan fingerprint density at radius 1 is 0.389 bits per heavy atom. The summed E-state index contributed by atoms with van der Waals surface area (Å²) in [6.07, 6.45) is -0.448. The number of aliphatic imine (C=N–C) groups is 2. The molecule has 0 atom stereocenters. The molecule has 5 heteroatoms. The first-order chi connectivity index (χ1) is 26.8. The predicted molar refractivity (Wildman–Crippen MR) is 225 cm³/mol. The van der Waals surface area contributed by atoms with Crippen molar-refractivity contribution in [2.75, 3.05) is 0 Å². The van der Waals surface area contributed by atoms with Crippen molar-refractivity contribution in [3.05, 3.63) is 193 Å². The molecule has 1 N–H and O–H groups in total. The molecule has 0 bridgehead atoms. The summed E-state index contributed by atoms with van der Waals surface area (Å²) in [5.41, 5.74) is 10.2. The van der Waals surface area contributed by atoms with E-state index in [2.05, 4.69) is 178 Å². The third-order valence-electron chi connectivity index (χ3n) is 11.3. The maximum absolute atomic E-state index is 5.26. The zero-order valence-corrected chi connectivity index (χ0v) is 29.1. The normalized spacial score (nSPS) is 13.9. The zero-order valence-electron chi connectivity index (χ0n) is 29.1. The summed E-state index contributed by atoms with van der Waals surface area (Å²) in [4.78, 5) is 10.5. The molecule has 0 spiro atoms. The highest BCUT2D eigenvalue weighted by Crippen LogP contribution is 2.43. The third kappa shape index (κ3) is 4.09. The fourth-order valence-electron chi connectivity index (χ4n) is 8.92. The van der Waals surface area contributed by atoms with Gasteiger partial charge in [-0.1, -0.05) is 146 Å². The number of rotatable bonds is 3. The Kier molecular flexibility index (Phi) is 6.05. The standard InChI is InChI=1S/C49H31N5/c1-3-14-31(15-4-1)47-50-48(32-16-5-2-6-17-32)52-49(51-47)33-24-27-42-39(29-33)36-20-10-12-22-41(36)53-40-21-11-9-19-35(40)37-25-26-38-44-34-18-8-7-13-30(34)23-28-43(44)54(42)46(38)45(37)53/h1-29,49H,(H,50,51,52). The number of para-hydroxylation sites is 2. The lowest BCUT2D eigenvalue weighted by Crippen LogP contribution is -2.35. The number of hydrogen-bond donors (Lipinski definition) is 1. The lowest BCUT2D eigenvalue weighted by molar-refractivity contribution is 0.757. The number of benzene rings is 8. The highest BCUT2D eigenvalue weighted by atomic mass is 15.2. The Balaban J connectivity index is 1.26.